The van der Waals surface area contributed by atoms with Crippen LogP contribution in [0.4, 0.5) is 0 Å². The molecule has 8 heteroatoms. The van der Waals surface area contributed by atoms with E-state index in [0.29, 0.717) is 17.4 Å². The standard InChI is InChI=1S/C23H33N5O3/c1-17-12-18(2)14-27(13-17)11-5-9-24-21(29)8-10-25-22(30)15-28-16-26-20-7-4-3-6-19(20)23(28)31/h3-4,6-7,16-18H,5,8-15H2,1-2H3,(H,24,29)(H,25,30)/t17-,18-/m0/s1. The van der Waals surface area contributed by atoms with Crippen molar-refractivity contribution < 1.29 is 9.59 Å². The van der Waals surface area contributed by atoms with Gasteiger partial charge in [0.05, 0.1) is 17.2 Å². The number of nitrogens with zero attached hydrogens (tertiary/aromatic N) is 3. The molecule has 1 aliphatic rings. The van der Waals surface area contributed by atoms with E-state index in [-0.39, 0.29) is 36.9 Å². The highest BCUT2D eigenvalue weighted by Gasteiger charge is 2.21. The lowest BCUT2D eigenvalue weighted by atomic mass is 9.92. The SMILES string of the molecule is C[C@H]1C[C@H](C)CN(CCCNC(=O)CCNC(=O)Cn2cnc3ccccc3c2=O)C1. The Morgan fingerprint density at radius 2 is 1.77 bits per heavy atom. The Kier molecular flexibility index (Phi) is 8.17. The van der Waals surface area contributed by atoms with Gasteiger partial charge in [-0.1, -0.05) is 26.0 Å². The van der Waals surface area contributed by atoms with Crippen LogP contribution >= 0.6 is 0 Å². The smallest absolute Gasteiger partial charge is 0.261 e. The summed E-state index contributed by atoms with van der Waals surface area (Å²) < 4.78 is 1.28. The van der Waals surface area contributed by atoms with E-state index in [2.05, 4.69) is 34.4 Å². The third kappa shape index (κ3) is 6.89. The highest BCUT2D eigenvalue weighted by molar-refractivity contribution is 5.80. The van der Waals surface area contributed by atoms with Gasteiger partial charge in [-0.3, -0.25) is 19.0 Å². The number of hydrogen-bond donors (Lipinski definition) is 2. The molecule has 3 rings (SSSR count). The van der Waals surface area contributed by atoms with Crippen LogP contribution in [-0.4, -0.2) is 59.0 Å². The van der Waals surface area contributed by atoms with Crippen LogP contribution in [0.5, 0.6) is 0 Å². The molecule has 1 aliphatic heterocycles. The molecule has 0 saturated carbocycles. The Labute approximate surface area is 183 Å². The van der Waals surface area contributed by atoms with Crippen LogP contribution in [0.15, 0.2) is 35.4 Å². The molecule has 1 saturated heterocycles. The monoisotopic (exact) mass is 427 g/mol. The minimum atomic E-state index is -0.319. The molecule has 0 spiro atoms. The fraction of sp³-hybridized carbons (Fsp3) is 0.565. The molecule has 168 valence electrons. The zero-order valence-corrected chi connectivity index (χ0v) is 18.5. The molecule has 2 aromatic rings. The number of amides is 2. The van der Waals surface area contributed by atoms with Gasteiger partial charge in [0, 0.05) is 32.6 Å². The first-order valence-electron chi connectivity index (χ1n) is 11.1. The Morgan fingerprint density at radius 1 is 1.06 bits per heavy atom. The maximum absolute atomic E-state index is 12.4. The van der Waals surface area contributed by atoms with Gasteiger partial charge in [0.25, 0.3) is 5.56 Å². The second-order valence-electron chi connectivity index (χ2n) is 8.70. The Bertz CT molecular complexity index is 948. The molecule has 2 atom stereocenters. The summed E-state index contributed by atoms with van der Waals surface area (Å²) >= 11 is 0. The number of carbonyl (C=O) groups is 2. The molecule has 1 fully saturated rings. The highest BCUT2D eigenvalue weighted by Crippen LogP contribution is 2.20. The minimum Gasteiger partial charge on any atom is -0.356 e. The van der Waals surface area contributed by atoms with Crippen LogP contribution in [-0.2, 0) is 16.1 Å². The van der Waals surface area contributed by atoms with Gasteiger partial charge < -0.3 is 15.5 Å². The molecule has 0 bridgehead atoms. The molecule has 2 amide bonds. The average Bonchev–Trinajstić information content (AvgIpc) is 2.73. The number of rotatable bonds is 9. The number of piperidine rings is 1. The number of para-hydroxylation sites is 1. The molecule has 1 aromatic heterocycles. The average molecular weight is 428 g/mol. The highest BCUT2D eigenvalue weighted by atomic mass is 16.2. The maximum atomic E-state index is 12.4. The topological polar surface area (TPSA) is 96.3 Å². The van der Waals surface area contributed by atoms with E-state index in [1.165, 1.54) is 17.3 Å². The molecular formula is C23H33N5O3. The van der Waals surface area contributed by atoms with Crippen molar-refractivity contribution in [3.63, 3.8) is 0 Å². The van der Waals surface area contributed by atoms with E-state index in [1.807, 2.05) is 6.07 Å². The summed E-state index contributed by atoms with van der Waals surface area (Å²) in [4.78, 5) is 43.2. The number of hydrogen-bond acceptors (Lipinski definition) is 5. The predicted octanol–water partition coefficient (Wildman–Crippen LogP) is 1.39. The van der Waals surface area contributed by atoms with Gasteiger partial charge in [-0.25, -0.2) is 4.98 Å². The summed E-state index contributed by atoms with van der Waals surface area (Å²) in [5, 5.41) is 6.09. The zero-order valence-electron chi connectivity index (χ0n) is 18.5. The van der Waals surface area contributed by atoms with Gasteiger partial charge in [0.15, 0.2) is 0 Å². The Balaban J connectivity index is 1.32. The number of fused-ring (bicyclic) bond motifs is 1. The largest absolute Gasteiger partial charge is 0.356 e. The van der Waals surface area contributed by atoms with Crippen LogP contribution in [0.25, 0.3) is 10.9 Å². The van der Waals surface area contributed by atoms with E-state index < -0.39 is 0 Å². The third-order valence-corrected chi connectivity index (χ3v) is 5.64. The molecule has 0 aliphatic carbocycles. The summed E-state index contributed by atoms with van der Waals surface area (Å²) in [7, 11) is 0. The van der Waals surface area contributed by atoms with Crippen LogP contribution in [0, 0.1) is 11.8 Å². The third-order valence-electron chi connectivity index (χ3n) is 5.64. The maximum Gasteiger partial charge on any atom is 0.261 e. The second kappa shape index (κ2) is 11.0. The predicted molar refractivity (Wildman–Crippen MR) is 121 cm³/mol. The van der Waals surface area contributed by atoms with Gasteiger partial charge in [0.1, 0.15) is 6.54 Å². The molecule has 2 N–H and O–H groups in total. The summed E-state index contributed by atoms with van der Waals surface area (Å²) in [6.07, 6.45) is 3.82. The van der Waals surface area contributed by atoms with Crippen molar-refractivity contribution in [3.05, 3.63) is 40.9 Å². The Morgan fingerprint density at radius 3 is 2.55 bits per heavy atom. The van der Waals surface area contributed by atoms with Crippen molar-refractivity contribution in [1.82, 2.24) is 25.1 Å². The first kappa shape index (κ1) is 22.9. The first-order chi connectivity index (χ1) is 14.9. The molecule has 8 nitrogen and oxygen atoms in total. The van der Waals surface area contributed by atoms with Crippen molar-refractivity contribution >= 4 is 22.7 Å². The number of nitrogens with one attached hydrogen (secondary N) is 2. The van der Waals surface area contributed by atoms with Crippen molar-refractivity contribution in [2.45, 2.75) is 39.7 Å². The van der Waals surface area contributed by atoms with Crippen LogP contribution in [0.2, 0.25) is 0 Å². The van der Waals surface area contributed by atoms with Gasteiger partial charge in [-0.05, 0) is 43.4 Å². The lowest BCUT2D eigenvalue weighted by Gasteiger charge is -2.34. The van der Waals surface area contributed by atoms with E-state index in [9.17, 15) is 14.4 Å². The summed E-state index contributed by atoms with van der Waals surface area (Å²) in [6.45, 7) is 8.63. The fourth-order valence-electron chi connectivity index (χ4n) is 4.34. The Hall–Kier alpha value is -2.74. The van der Waals surface area contributed by atoms with Gasteiger partial charge in [0.2, 0.25) is 11.8 Å². The van der Waals surface area contributed by atoms with Gasteiger partial charge >= 0.3 is 0 Å². The van der Waals surface area contributed by atoms with E-state index >= 15 is 0 Å². The van der Waals surface area contributed by atoms with E-state index in [4.69, 9.17) is 0 Å². The second-order valence-corrected chi connectivity index (χ2v) is 8.70. The molecule has 2 heterocycles. The zero-order chi connectivity index (χ0) is 22.2. The van der Waals surface area contributed by atoms with Crippen LogP contribution < -0.4 is 16.2 Å². The van der Waals surface area contributed by atoms with Crippen molar-refractivity contribution in [3.8, 4) is 0 Å². The normalized spacial score (nSPS) is 19.3. The van der Waals surface area contributed by atoms with Crippen molar-refractivity contribution in [2.24, 2.45) is 11.8 Å². The quantitative estimate of drug-likeness (QED) is 0.590. The molecular weight excluding hydrogens is 394 g/mol. The molecule has 0 radical (unpaired) electrons. The fourth-order valence-corrected chi connectivity index (χ4v) is 4.34. The molecule has 0 unspecified atom stereocenters. The molecule has 1 aromatic carbocycles. The van der Waals surface area contributed by atoms with Gasteiger partial charge in [-0.15, -0.1) is 0 Å². The minimum absolute atomic E-state index is 0.0785. The van der Waals surface area contributed by atoms with Gasteiger partial charge in [-0.2, -0.15) is 0 Å². The van der Waals surface area contributed by atoms with Crippen molar-refractivity contribution in [1.29, 1.82) is 0 Å². The van der Waals surface area contributed by atoms with Crippen LogP contribution in [0.3, 0.4) is 0 Å². The number of likely N-dealkylation sites (tertiary alicyclic amines) is 1. The molecule has 31 heavy (non-hydrogen) atoms. The number of benzene rings is 1. The van der Waals surface area contributed by atoms with Crippen LogP contribution in [0.1, 0.15) is 33.1 Å². The lowest BCUT2D eigenvalue weighted by Crippen LogP contribution is -2.40. The summed E-state index contributed by atoms with van der Waals surface area (Å²) in [5.74, 6) is 1.08. The number of carbonyl (C=O) groups excluding carboxylic acids is 2. The van der Waals surface area contributed by atoms with E-state index in [0.717, 1.165) is 37.9 Å². The summed E-state index contributed by atoms with van der Waals surface area (Å²) in [6, 6.07) is 7.02. The van der Waals surface area contributed by atoms with E-state index in [1.54, 1.807) is 18.2 Å². The summed E-state index contributed by atoms with van der Waals surface area (Å²) in [5.41, 5.74) is 0.348. The lowest BCUT2D eigenvalue weighted by molar-refractivity contribution is -0.122. The number of aromatic nitrogens is 2. The first-order valence-corrected chi connectivity index (χ1v) is 11.1. The van der Waals surface area contributed by atoms with Crippen molar-refractivity contribution in [2.75, 3.05) is 32.7 Å².